The molecule has 0 spiro atoms. The zero-order valence-electron chi connectivity index (χ0n) is 12.4. The highest BCUT2D eigenvalue weighted by Gasteiger charge is 2.09. The van der Waals surface area contributed by atoms with E-state index in [-0.39, 0.29) is 6.03 Å². The van der Waals surface area contributed by atoms with Crippen molar-refractivity contribution < 1.29 is 4.79 Å². The Morgan fingerprint density at radius 3 is 2.91 bits per heavy atom. The van der Waals surface area contributed by atoms with Gasteiger partial charge in [-0.2, -0.15) is 0 Å². The number of amides is 2. The van der Waals surface area contributed by atoms with E-state index in [4.69, 9.17) is 0 Å². The number of hydrogen-bond acceptors (Lipinski definition) is 4. The summed E-state index contributed by atoms with van der Waals surface area (Å²) in [4.78, 5) is 18.3. The van der Waals surface area contributed by atoms with Crippen LogP contribution in [-0.4, -0.2) is 24.1 Å². The Morgan fingerprint density at radius 2 is 2.18 bits per heavy atom. The molecule has 22 heavy (non-hydrogen) atoms. The van der Waals surface area contributed by atoms with E-state index in [1.807, 2.05) is 24.4 Å². The topological polar surface area (TPSA) is 57.3 Å². The highest BCUT2D eigenvalue weighted by Crippen LogP contribution is 2.18. The van der Waals surface area contributed by atoms with Gasteiger partial charge in [0.05, 0.1) is 5.69 Å². The van der Waals surface area contributed by atoms with Crippen LogP contribution in [-0.2, 0) is 6.54 Å². The standard InChI is InChI=1S/C16H18N4OS/c1-12-11-22-16(18-12)19-15(21)17-10-13-5-4-6-14(9-13)20-7-2-3-8-20/h2-6,9,11H,7-8,10H2,1H3,(H2,17,18,19,21). The van der Waals surface area contributed by atoms with E-state index in [0.717, 1.165) is 24.3 Å². The highest BCUT2D eigenvalue weighted by molar-refractivity contribution is 7.13. The minimum Gasteiger partial charge on any atom is -0.364 e. The molecule has 0 fully saturated rings. The third kappa shape index (κ3) is 3.65. The molecule has 2 N–H and O–H groups in total. The first-order valence-corrected chi connectivity index (χ1v) is 8.04. The summed E-state index contributed by atoms with van der Waals surface area (Å²) in [5, 5.41) is 8.12. The molecule has 0 saturated heterocycles. The zero-order valence-corrected chi connectivity index (χ0v) is 13.2. The van der Waals surface area contributed by atoms with E-state index in [0.29, 0.717) is 11.7 Å². The Labute approximate surface area is 133 Å². The van der Waals surface area contributed by atoms with Crippen LogP contribution < -0.4 is 15.5 Å². The molecule has 0 bridgehead atoms. The van der Waals surface area contributed by atoms with E-state index in [2.05, 4.69) is 44.8 Å². The van der Waals surface area contributed by atoms with Gasteiger partial charge in [-0.15, -0.1) is 11.3 Å². The smallest absolute Gasteiger partial charge is 0.321 e. The van der Waals surface area contributed by atoms with Gasteiger partial charge in [-0.3, -0.25) is 5.32 Å². The summed E-state index contributed by atoms with van der Waals surface area (Å²) in [6.07, 6.45) is 4.32. The molecule has 2 heterocycles. The summed E-state index contributed by atoms with van der Waals surface area (Å²) >= 11 is 1.42. The van der Waals surface area contributed by atoms with Gasteiger partial charge >= 0.3 is 6.03 Å². The summed E-state index contributed by atoms with van der Waals surface area (Å²) in [6.45, 7) is 4.28. The van der Waals surface area contributed by atoms with Crippen LogP contribution >= 0.6 is 11.3 Å². The molecule has 5 nitrogen and oxygen atoms in total. The van der Waals surface area contributed by atoms with Crippen molar-refractivity contribution in [3.63, 3.8) is 0 Å². The normalized spacial score (nSPS) is 13.4. The fourth-order valence-electron chi connectivity index (χ4n) is 2.29. The first-order chi connectivity index (χ1) is 10.7. The number of thiazole rings is 1. The number of carbonyl (C=O) groups excluding carboxylic acids is 1. The quantitative estimate of drug-likeness (QED) is 0.852. The van der Waals surface area contributed by atoms with Crippen molar-refractivity contribution in [3.05, 3.63) is 53.1 Å². The minimum atomic E-state index is -0.234. The van der Waals surface area contributed by atoms with Gasteiger partial charge in [-0.05, 0) is 24.6 Å². The van der Waals surface area contributed by atoms with Crippen molar-refractivity contribution in [3.8, 4) is 0 Å². The average molecular weight is 314 g/mol. The van der Waals surface area contributed by atoms with E-state index < -0.39 is 0 Å². The first-order valence-electron chi connectivity index (χ1n) is 7.16. The molecule has 2 aromatic rings. The van der Waals surface area contributed by atoms with Crippen molar-refractivity contribution in [2.75, 3.05) is 23.3 Å². The molecule has 1 aromatic carbocycles. The van der Waals surface area contributed by atoms with Gasteiger partial charge in [0.25, 0.3) is 0 Å². The molecule has 1 aliphatic heterocycles. The number of aryl methyl sites for hydroxylation is 1. The molecule has 6 heteroatoms. The number of benzene rings is 1. The van der Waals surface area contributed by atoms with Gasteiger partial charge in [-0.1, -0.05) is 24.3 Å². The molecule has 0 aliphatic carbocycles. The molecule has 2 amide bonds. The van der Waals surface area contributed by atoms with Crippen LogP contribution in [0.4, 0.5) is 15.6 Å². The van der Waals surface area contributed by atoms with Crippen LogP contribution in [0.5, 0.6) is 0 Å². The Kier molecular flexibility index (Phi) is 4.39. The molecule has 0 unspecified atom stereocenters. The van der Waals surface area contributed by atoms with Crippen molar-refractivity contribution in [2.24, 2.45) is 0 Å². The third-order valence-corrected chi connectivity index (χ3v) is 4.26. The molecular weight excluding hydrogens is 296 g/mol. The zero-order chi connectivity index (χ0) is 15.4. The summed E-state index contributed by atoms with van der Waals surface area (Å²) < 4.78 is 0. The fourth-order valence-corrected chi connectivity index (χ4v) is 2.97. The average Bonchev–Trinajstić information content (AvgIpc) is 3.17. The number of rotatable bonds is 4. The van der Waals surface area contributed by atoms with Crippen molar-refractivity contribution in [1.82, 2.24) is 10.3 Å². The largest absolute Gasteiger partial charge is 0.364 e. The Bertz CT molecular complexity index is 687. The van der Waals surface area contributed by atoms with Crippen molar-refractivity contribution in [1.29, 1.82) is 0 Å². The van der Waals surface area contributed by atoms with Crippen LogP contribution in [0.1, 0.15) is 11.3 Å². The van der Waals surface area contributed by atoms with Crippen LogP contribution in [0.15, 0.2) is 41.8 Å². The first kappa shape index (κ1) is 14.6. The van der Waals surface area contributed by atoms with Crippen molar-refractivity contribution >= 4 is 28.2 Å². The number of anilines is 2. The number of urea groups is 1. The lowest BCUT2D eigenvalue weighted by molar-refractivity contribution is 0.251. The van der Waals surface area contributed by atoms with Gasteiger partial charge < -0.3 is 10.2 Å². The number of nitrogens with zero attached hydrogens (tertiary/aromatic N) is 2. The van der Waals surface area contributed by atoms with Crippen LogP contribution in [0.2, 0.25) is 0 Å². The lowest BCUT2D eigenvalue weighted by atomic mass is 10.2. The summed E-state index contributed by atoms with van der Waals surface area (Å²) in [7, 11) is 0. The highest BCUT2D eigenvalue weighted by atomic mass is 32.1. The molecule has 3 rings (SSSR count). The van der Waals surface area contributed by atoms with Crippen LogP contribution in [0.3, 0.4) is 0 Å². The number of hydrogen-bond donors (Lipinski definition) is 2. The minimum absolute atomic E-state index is 0.234. The second kappa shape index (κ2) is 6.62. The Hall–Kier alpha value is -2.34. The maximum Gasteiger partial charge on any atom is 0.321 e. The molecule has 0 saturated carbocycles. The second-order valence-electron chi connectivity index (χ2n) is 5.15. The molecule has 1 aliphatic rings. The van der Waals surface area contributed by atoms with Gasteiger partial charge in [0, 0.05) is 30.7 Å². The Balaban J connectivity index is 1.54. The molecule has 0 atom stereocenters. The molecule has 1 aromatic heterocycles. The van der Waals surface area contributed by atoms with E-state index in [1.54, 1.807) is 0 Å². The summed E-state index contributed by atoms with van der Waals surface area (Å²) in [5.74, 6) is 0. The summed E-state index contributed by atoms with van der Waals surface area (Å²) in [5.41, 5.74) is 3.17. The maximum absolute atomic E-state index is 11.9. The van der Waals surface area contributed by atoms with Gasteiger partial charge in [0.2, 0.25) is 0 Å². The van der Waals surface area contributed by atoms with Gasteiger partial charge in [0.1, 0.15) is 0 Å². The van der Waals surface area contributed by atoms with Gasteiger partial charge in [0.15, 0.2) is 5.13 Å². The molecule has 114 valence electrons. The molecule has 0 radical (unpaired) electrons. The fraction of sp³-hybridized carbons (Fsp3) is 0.250. The third-order valence-electron chi connectivity index (χ3n) is 3.39. The monoisotopic (exact) mass is 314 g/mol. The lowest BCUT2D eigenvalue weighted by Gasteiger charge is -2.18. The Morgan fingerprint density at radius 1 is 1.36 bits per heavy atom. The summed E-state index contributed by atoms with van der Waals surface area (Å²) in [6, 6.07) is 8.01. The lowest BCUT2D eigenvalue weighted by Crippen LogP contribution is -2.28. The number of carbonyl (C=O) groups is 1. The van der Waals surface area contributed by atoms with Crippen molar-refractivity contribution in [2.45, 2.75) is 13.5 Å². The predicted molar refractivity (Wildman–Crippen MR) is 90.5 cm³/mol. The van der Waals surface area contributed by atoms with Crippen LogP contribution in [0.25, 0.3) is 0 Å². The van der Waals surface area contributed by atoms with Crippen LogP contribution in [0, 0.1) is 6.92 Å². The predicted octanol–water partition coefficient (Wildman–Crippen LogP) is 3.15. The maximum atomic E-state index is 11.9. The number of nitrogens with one attached hydrogen (secondary N) is 2. The van der Waals surface area contributed by atoms with Gasteiger partial charge in [-0.25, -0.2) is 9.78 Å². The SMILES string of the molecule is Cc1csc(NC(=O)NCc2cccc(N3CC=CC3)c2)n1. The van der Waals surface area contributed by atoms with E-state index in [9.17, 15) is 4.79 Å². The second-order valence-corrected chi connectivity index (χ2v) is 6.01. The number of aromatic nitrogens is 1. The van der Waals surface area contributed by atoms with E-state index >= 15 is 0 Å². The van der Waals surface area contributed by atoms with E-state index in [1.165, 1.54) is 17.0 Å². The molecular formula is C16H18N4OS.